The Hall–Kier alpha value is -1.23. The number of rotatable bonds is 3. The molecule has 0 aromatic heterocycles. The summed E-state index contributed by atoms with van der Waals surface area (Å²) in [7, 11) is 2.93. The maximum absolute atomic E-state index is 10.8. The molecule has 0 aliphatic heterocycles. The summed E-state index contributed by atoms with van der Waals surface area (Å²) in [6.45, 7) is 0. The number of hydrogen-bond acceptors (Lipinski definition) is 3. The van der Waals surface area contributed by atoms with Crippen LogP contribution in [0.3, 0.4) is 0 Å². The van der Waals surface area contributed by atoms with Gasteiger partial charge in [-0.25, -0.2) is 4.79 Å². The van der Waals surface area contributed by atoms with Crippen LogP contribution in [0.4, 0.5) is 0 Å². The van der Waals surface area contributed by atoms with Gasteiger partial charge in [0.15, 0.2) is 0 Å². The van der Waals surface area contributed by atoms with Crippen LogP contribution in [0.15, 0.2) is 16.6 Å². The normalized spacial score (nSPS) is 9.64. The van der Waals surface area contributed by atoms with Crippen LogP contribution in [0, 0.1) is 0 Å². The quantitative estimate of drug-likeness (QED) is 0.905. The lowest BCUT2D eigenvalue weighted by molar-refractivity contribution is 0.0695. The summed E-state index contributed by atoms with van der Waals surface area (Å²) in [5.74, 6) is -0.154. The van der Waals surface area contributed by atoms with Crippen molar-refractivity contribution in [2.45, 2.75) is 0 Å². The zero-order valence-electron chi connectivity index (χ0n) is 7.70. The number of halogens is 1. The van der Waals surface area contributed by atoms with Gasteiger partial charge >= 0.3 is 5.97 Å². The Kier molecular flexibility index (Phi) is 3.35. The van der Waals surface area contributed by atoms with Crippen molar-refractivity contribution in [2.24, 2.45) is 0 Å². The lowest BCUT2D eigenvalue weighted by Gasteiger charge is -2.08. The highest BCUT2D eigenvalue weighted by molar-refractivity contribution is 9.10. The lowest BCUT2D eigenvalue weighted by Crippen LogP contribution is -2.00. The van der Waals surface area contributed by atoms with E-state index in [4.69, 9.17) is 14.6 Å². The van der Waals surface area contributed by atoms with Crippen LogP contribution in [0.25, 0.3) is 0 Å². The second-order valence-corrected chi connectivity index (χ2v) is 3.29. The highest BCUT2D eigenvalue weighted by Gasteiger charge is 2.14. The number of carboxylic acid groups (broad SMARTS) is 1. The Morgan fingerprint density at radius 3 is 2.43 bits per heavy atom. The van der Waals surface area contributed by atoms with Crippen LogP contribution in [-0.4, -0.2) is 25.3 Å². The van der Waals surface area contributed by atoms with Crippen LogP contribution in [0.1, 0.15) is 10.4 Å². The fraction of sp³-hybridized carbons (Fsp3) is 0.222. The van der Waals surface area contributed by atoms with E-state index in [1.807, 2.05) is 0 Å². The van der Waals surface area contributed by atoms with Crippen LogP contribution < -0.4 is 9.47 Å². The molecule has 1 rings (SSSR count). The standard InChI is InChI=1S/C9H9BrO4/c1-13-5-3-6(9(11)12)8(10)7(4-5)14-2/h3-4H,1-2H3,(H,11,12). The minimum Gasteiger partial charge on any atom is -0.497 e. The number of aromatic carboxylic acids is 1. The SMILES string of the molecule is COc1cc(OC)c(Br)c(C(=O)O)c1. The van der Waals surface area contributed by atoms with E-state index in [0.29, 0.717) is 16.0 Å². The molecular formula is C9H9BrO4. The average Bonchev–Trinajstić information content (AvgIpc) is 2.17. The molecule has 1 N–H and O–H groups in total. The Labute approximate surface area is 89.6 Å². The molecule has 14 heavy (non-hydrogen) atoms. The van der Waals surface area contributed by atoms with Crippen LogP contribution in [-0.2, 0) is 0 Å². The second-order valence-electron chi connectivity index (χ2n) is 2.50. The highest BCUT2D eigenvalue weighted by Crippen LogP contribution is 2.33. The van der Waals surface area contributed by atoms with Gasteiger partial charge in [0, 0.05) is 6.07 Å². The zero-order valence-corrected chi connectivity index (χ0v) is 9.29. The first-order chi connectivity index (χ1) is 6.60. The zero-order chi connectivity index (χ0) is 10.7. The highest BCUT2D eigenvalue weighted by atomic mass is 79.9. The Morgan fingerprint density at radius 1 is 1.36 bits per heavy atom. The van der Waals surface area contributed by atoms with Crippen molar-refractivity contribution in [3.63, 3.8) is 0 Å². The number of carboxylic acids is 1. The van der Waals surface area contributed by atoms with Crippen molar-refractivity contribution in [3.05, 3.63) is 22.2 Å². The molecule has 0 aliphatic carbocycles. The number of carbonyl (C=O) groups is 1. The first-order valence-corrected chi connectivity index (χ1v) is 4.54. The van der Waals surface area contributed by atoms with Gasteiger partial charge in [-0.1, -0.05) is 0 Å². The van der Waals surface area contributed by atoms with Crippen LogP contribution in [0.2, 0.25) is 0 Å². The molecule has 1 aromatic rings. The predicted molar refractivity (Wildman–Crippen MR) is 54.2 cm³/mol. The summed E-state index contributed by atoms with van der Waals surface area (Å²) in [4.78, 5) is 10.8. The molecule has 0 radical (unpaired) electrons. The molecule has 5 heteroatoms. The molecule has 0 amide bonds. The molecule has 0 spiro atoms. The van der Waals surface area contributed by atoms with E-state index in [0.717, 1.165) is 0 Å². The number of methoxy groups -OCH3 is 2. The fourth-order valence-corrected chi connectivity index (χ4v) is 1.55. The molecule has 76 valence electrons. The van der Waals surface area contributed by atoms with E-state index in [1.165, 1.54) is 20.3 Å². The van der Waals surface area contributed by atoms with Gasteiger partial charge in [0.05, 0.1) is 24.3 Å². The van der Waals surface area contributed by atoms with Crippen molar-refractivity contribution in [2.75, 3.05) is 14.2 Å². The Bertz CT molecular complexity index is 362. The van der Waals surface area contributed by atoms with Crippen molar-refractivity contribution in [3.8, 4) is 11.5 Å². The molecule has 0 unspecified atom stereocenters. The minimum absolute atomic E-state index is 0.112. The molecule has 0 aliphatic rings. The summed E-state index contributed by atoms with van der Waals surface area (Å²) in [6.07, 6.45) is 0. The van der Waals surface area contributed by atoms with Gasteiger partial charge < -0.3 is 14.6 Å². The van der Waals surface area contributed by atoms with Gasteiger partial charge in [0.1, 0.15) is 11.5 Å². The minimum atomic E-state index is -1.03. The van der Waals surface area contributed by atoms with Crippen molar-refractivity contribution in [1.82, 2.24) is 0 Å². The van der Waals surface area contributed by atoms with E-state index in [1.54, 1.807) is 6.07 Å². The predicted octanol–water partition coefficient (Wildman–Crippen LogP) is 2.16. The first-order valence-electron chi connectivity index (χ1n) is 3.75. The third-order valence-electron chi connectivity index (χ3n) is 1.70. The largest absolute Gasteiger partial charge is 0.497 e. The summed E-state index contributed by atoms with van der Waals surface area (Å²) < 4.78 is 10.3. The van der Waals surface area contributed by atoms with Gasteiger partial charge in [0.2, 0.25) is 0 Å². The van der Waals surface area contributed by atoms with Crippen LogP contribution >= 0.6 is 15.9 Å². The Balaban J connectivity index is 3.34. The van der Waals surface area contributed by atoms with Gasteiger partial charge in [-0.2, -0.15) is 0 Å². The van der Waals surface area contributed by atoms with Crippen molar-refractivity contribution < 1.29 is 19.4 Å². The summed E-state index contributed by atoms with van der Waals surface area (Å²) in [5.41, 5.74) is 0.112. The summed E-state index contributed by atoms with van der Waals surface area (Å²) in [6, 6.07) is 3.03. The summed E-state index contributed by atoms with van der Waals surface area (Å²) >= 11 is 3.14. The number of ether oxygens (including phenoxy) is 2. The molecule has 0 bridgehead atoms. The van der Waals surface area contributed by atoms with E-state index >= 15 is 0 Å². The van der Waals surface area contributed by atoms with E-state index in [-0.39, 0.29) is 5.56 Å². The fourth-order valence-electron chi connectivity index (χ4n) is 0.995. The van der Waals surface area contributed by atoms with Crippen molar-refractivity contribution >= 4 is 21.9 Å². The Morgan fingerprint density at radius 2 is 2.00 bits per heavy atom. The third-order valence-corrected chi connectivity index (χ3v) is 2.52. The van der Waals surface area contributed by atoms with Crippen molar-refractivity contribution in [1.29, 1.82) is 0 Å². The molecular weight excluding hydrogens is 252 g/mol. The van der Waals surface area contributed by atoms with Gasteiger partial charge in [-0.05, 0) is 22.0 Å². The lowest BCUT2D eigenvalue weighted by atomic mass is 10.2. The van der Waals surface area contributed by atoms with E-state index in [2.05, 4.69) is 15.9 Å². The summed E-state index contributed by atoms with van der Waals surface area (Å²) in [5, 5.41) is 8.86. The molecule has 0 atom stereocenters. The molecule has 0 fully saturated rings. The molecule has 0 saturated carbocycles. The molecule has 4 nitrogen and oxygen atoms in total. The van der Waals surface area contributed by atoms with Gasteiger partial charge in [0.25, 0.3) is 0 Å². The van der Waals surface area contributed by atoms with E-state index < -0.39 is 5.97 Å². The number of hydrogen-bond donors (Lipinski definition) is 1. The van der Waals surface area contributed by atoms with Crippen LogP contribution in [0.5, 0.6) is 11.5 Å². The smallest absolute Gasteiger partial charge is 0.337 e. The molecule has 0 saturated heterocycles. The van der Waals surface area contributed by atoms with E-state index in [9.17, 15) is 4.79 Å². The maximum atomic E-state index is 10.8. The molecule has 0 heterocycles. The van der Waals surface area contributed by atoms with Gasteiger partial charge in [-0.15, -0.1) is 0 Å². The topological polar surface area (TPSA) is 55.8 Å². The number of benzene rings is 1. The molecule has 1 aromatic carbocycles. The maximum Gasteiger partial charge on any atom is 0.337 e. The average molecular weight is 261 g/mol. The van der Waals surface area contributed by atoms with Gasteiger partial charge in [-0.3, -0.25) is 0 Å². The first kappa shape index (κ1) is 10.8. The monoisotopic (exact) mass is 260 g/mol. The third kappa shape index (κ3) is 1.98. The second kappa shape index (κ2) is 4.32.